The molecule has 3 N–H and O–H groups in total. The summed E-state index contributed by atoms with van der Waals surface area (Å²) in [6.07, 6.45) is 0. The van der Waals surface area contributed by atoms with Crippen LogP contribution in [-0.2, 0) is 0 Å². The van der Waals surface area contributed by atoms with Gasteiger partial charge in [0, 0.05) is 22.8 Å². The summed E-state index contributed by atoms with van der Waals surface area (Å²) >= 11 is 0. The fraction of sp³-hybridized carbons (Fsp3) is 0. The maximum absolute atomic E-state index is 11.2. The van der Waals surface area contributed by atoms with Crippen molar-refractivity contribution in [3.05, 3.63) is 74.8 Å². The molecule has 0 amide bonds. The number of nitro benzene ring substituents is 2. The summed E-state index contributed by atoms with van der Waals surface area (Å²) in [5.74, 6) is 0. The lowest BCUT2D eigenvalue weighted by Gasteiger charge is -2.12. The van der Waals surface area contributed by atoms with Crippen molar-refractivity contribution in [2.24, 2.45) is 0 Å². The van der Waals surface area contributed by atoms with Gasteiger partial charge >= 0.3 is 0 Å². The minimum Gasteiger partial charge on any atom is -0.398 e. The molecule has 0 aliphatic carbocycles. The molecule has 0 aliphatic rings. The first-order valence-corrected chi connectivity index (χ1v) is 6.94. The highest BCUT2D eigenvalue weighted by atomic mass is 16.6. The summed E-state index contributed by atoms with van der Waals surface area (Å²) in [6, 6.07) is 14.3. The maximum atomic E-state index is 11.2. The fourth-order valence-electron chi connectivity index (χ4n) is 2.51. The first-order valence-electron chi connectivity index (χ1n) is 6.94. The van der Waals surface area contributed by atoms with Gasteiger partial charge in [0.2, 0.25) is 0 Å². The first-order chi connectivity index (χ1) is 11.5. The van der Waals surface area contributed by atoms with Crippen molar-refractivity contribution < 1.29 is 9.85 Å². The number of nitrogens with one attached hydrogen (secondary N) is 1. The van der Waals surface area contributed by atoms with Crippen LogP contribution < -0.4 is 11.1 Å². The fourth-order valence-corrected chi connectivity index (χ4v) is 2.51. The van der Waals surface area contributed by atoms with Gasteiger partial charge in [-0.05, 0) is 23.6 Å². The van der Waals surface area contributed by atoms with Gasteiger partial charge in [0.05, 0.1) is 15.9 Å². The lowest BCUT2D eigenvalue weighted by molar-refractivity contribution is -0.393. The highest BCUT2D eigenvalue weighted by Gasteiger charge is 2.20. The van der Waals surface area contributed by atoms with Gasteiger partial charge in [-0.25, -0.2) is 0 Å². The van der Waals surface area contributed by atoms with Crippen molar-refractivity contribution in [2.75, 3.05) is 11.1 Å². The lowest BCUT2D eigenvalue weighted by Crippen LogP contribution is -2.00. The highest BCUT2D eigenvalue weighted by Crippen LogP contribution is 2.35. The molecule has 24 heavy (non-hydrogen) atoms. The molecule has 0 spiro atoms. The summed E-state index contributed by atoms with van der Waals surface area (Å²) in [7, 11) is 0. The molecule has 0 aliphatic heterocycles. The number of fused-ring (bicyclic) bond motifs is 1. The summed E-state index contributed by atoms with van der Waals surface area (Å²) in [5.41, 5.74) is 6.55. The van der Waals surface area contributed by atoms with Crippen LogP contribution in [0.2, 0.25) is 0 Å². The molecule has 0 radical (unpaired) electrons. The molecule has 3 aromatic rings. The van der Waals surface area contributed by atoms with Gasteiger partial charge in [0.1, 0.15) is 5.69 Å². The maximum Gasteiger partial charge on any atom is 0.299 e. The molecule has 0 fully saturated rings. The Morgan fingerprint density at radius 3 is 2.25 bits per heavy atom. The summed E-state index contributed by atoms with van der Waals surface area (Å²) < 4.78 is 0. The highest BCUT2D eigenvalue weighted by molar-refractivity contribution is 6.03. The van der Waals surface area contributed by atoms with Crippen LogP contribution in [0.4, 0.5) is 28.4 Å². The predicted molar refractivity (Wildman–Crippen MR) is 91.4 cm³/mol. The van der Waals surface area contributed by atoms with Crippen molar-refractivity contribution in [3.8, 4) is 0 Å². The Bertz CT molecular complexity index is 966. The number of nitrogens with two attached hydrogens (primary N) is 1. The van der Waals surface area contributed by atoms with Crippen LogP contribution in [0, 0.1) is 20.2 Å². The normalized spacial score (nSPS) is 10.5. The quantitative estimate of drug-likeness (QED) is 0.425. The molecule has 0 saturated carbocycles. The number of hydrogen-bond donors (Lipinski definition) is 2. The van der Waals surface area contributed by atoms with Gasteiger partial charge in [-0.15, -0.1) is 0 Å². The van der Waals surface area contributed by atoms with E-state index < -0.39 is 9.85 Å². The second kappa shape index (κ2) is 5.84. The zero-order valence-corrected chi connectivity index (χ0v) is 12.3. The standard InChI is InChI=1S/C16H12N4O4/c17-12-5-1-3-10-4-2-6-14(16(10)12)18-13-8-7-11(19(21)22)9-15(13)20(23)24/h1-9,18H,17H2. The number of non-ortho nitro benzene ring substituents is 1. The van der Waals surface area contributed by atoms with E-state index in [0.717, 1.165) is 16.8 Å². The van der Waals surface area contributed by atoms with E-state index in [1.807, 2.05) is 18.2 Å². The Labute approximate surface area is 135 Å². The molecule has 0 saturated heterocycles. The lowest BCUT2D eigenvalue weighted by atomic mass is 10.1. The summed E-state index contributed by atoms with van der Waals surface area (Å²) in [5, 5.41) is 26.6. The van der Waals surface area contributed by atoms with E-state index in [1.165, 1.54) is 12.1 Å². The van der Waals surface area contributed by atoms with E-state index in [9.17, 15) is 20.2 Å². The van der Waals surface area contributed by atoms with E-state index in [-0.39, 0.29) is 17.1 Å². The SMILES string of the molecule is Nc1cccc2cccc(Nc3ccc([N+](=O)[O-])cc3[N+](=O)[O-])c12. The van der Waals surface area contributed by atoms with Crippen LogP contribution >= 0.6 is 0 Å². The zero-order chi connectivity index (χ0) is 17.3. The molecule has 3 aromatic carbocycles. The summed E-state index contributed by atoms with van der Waals surface area (Å²) in [6.45, 7) is 0. The van der Waals surface area contributed by atoms with Gasteiger partial charge in [-0.2, -0.15) is 0 Å². The monoisotopic (exact) mass is 324 g/mol. The van der Waals surface area contributed by atoms with E-state index >= 15 is 0 Å². The Balaban J connectivity index is 2.12. The van der Waals surface area contributed by atoms with Crippen molar-refractivity contribution >= 4 is 39.2 Å². The van der Waals surface area contributed by atoms with Crippen LogP contribution in [0.1, 0.15) is 0 Å². The average Bonchev–Trinajstić information content (AvgIpc) is 2.55. The number of benzene rings is 3. The molecule has 120 valence electrons. The van der Waals surface area contributed by atoms with Crippen molar-refractivity contribution in [2.45, 2.75) is 0 Å². The Kier molecular flexibility index (Phi) is 3.70. The van der Waals surface area contributed by atoms with E-state index in [0.29, 0.717) is 11.4 Å². The average molecular weight is 324 g/mol. The van der Waals surface area contributed by atoms with Crippen LogP contribution in [0.5, 0.6) is 0 Å². The van der Waals surface area contributed by atoms with Crippen LogP contribution in [-0.4, -0.2) is 9.85 Å². The number of nitro groups is 2. The number of anilines is 3. The molecule has 8 heteroatoms. The molecule has 8 nitrogen and oxygen atoms in total. The molecule has 0 bridgehead atoms. The van der Waals surface area contributed by atoms with Crippen LogP contribution in [0.15, 0.2) is 54.6 Å². The molecule has 0 heterocycles. The van der Waals surface area contributed by atoms with Gasteiger partial charge in [0.25, 0.3) is 11.4 Å². The molecular formula is C16H12N4O4. The van der Waals surface area contributed by atoms with Gasteiger partial charge in [-0.1, -0.05) is 24.3 Å². The van der Waals surface area contributed by atoms with Gasteiger partial charge < -0.3 is 11.1 Å². The zero-order valence-electron chi connectivity index (χ0n) is 12.3. The third-order valence-electron chi connectivity index (χ3n) is 3.60. The minimum absolute atomic E-state index is 0.154. The largest absolute Gasteiger partial charge is 0.398 e. The van der Waals surface area contributed by atoms with E-state index in [4.69, 9.17) is 5.73 Å². The molecule has 0 unspecified atom stereocenters. The first kappa shape index (κ1) is 15.2. The van der Waals surface area contributed by atoms with E-state index in [1.54, 1.807) is 18.2 Å². The topological polar surface area (TPSA) is 124 Å². The van der Waals surface area contributed by atoms with Crippen LogP contribution in [0.3, 0.4) is 0 Å². The third-order valence-corrected chi connectivity index (χ3v) is 3.60. The number of nitrogens with zero attached hydrogens (tertiary/aromatic N) is 2. The number of hydrogen-bond acceptors (Lipinski definition) is 6. The third kappa shape index (κ3) is 2.68. The summed E-state index contributed by atoms with van der Waals surface area (Å²) in [4.78, 5) is 20.7. The van der Waals surface area contributed by atoms with Gasteiger partial charge in [0.15, 0.2) is 0 Å². The minimum atomic E-state index is -0.674. The Morgan fingerprint density at radius 1 is 0.875 bits per heavy atom. The number of nitrogen functional groups attached to an aromatic ring is 1. The van der Waals surface area contributed by atoms with Crippen molar-refractivity contribution in [1.82, 2.24) is 0 Å². The molecule has 0 atom stereocenters. The molecule has 3 rings (SSSR count). The smallest absolute Gasteiger partial charge is 0.299 e. The molecule has 0 aromatic heterocycles. The van der Waals surface area contributed by atoms with Crippen LogP contribution in [0.25, 0.3) is 10.8 Å². The Morgan fingerprint density at radius 2 is 1.58 bits per heavy atom. The molecular weight excluding hydrogens is 312 g/mol. The Hall–Kier alpha value is -3.68. The van der Waals surface area contributed by atoms with E-state index in [2.05, 4.69) is 5.32 Å². The predicted octanol–water partition coefficient (Wildman–Crippen LogP) is 3.98. The number of rotatable bonds is 4. The second-order valence-corrected chi connectivity index (χ2v) is 5.09. The van der Waals surface area contributed by atoms with Gasteiger partial charge in [-0.3, -0.25) is 20.2 Å². The second-order valence-electron chi connectivity index (χ2n) is 5.09. The van der Waals surface area contributed by atoms with Crippen molar-refractivity contribution in [3.63, 3.8) is 0 Å². The van der Waals surface area contributed by atoms with Crippen molar-refractivity contribution in [1.29, 1.82) is 0 Å².